The summed E-state index contributed by atoms with van der Waals surface area (Å²) < 4.78 is 0. The molecule has 17 heavy (non-hydrogen) atoms. The third-order valence-electron chi connectivity index (χ3n) is 2.84. The van der Waals surface area contributed by atoms with Crippen LogP contribution < -0.4 is 0 Å². The second kappa shape index (κ2) is 3.95. The van der Waals surface area contributed by atoms with Crippen LogP contribution in [0.4, 0.5) is 0 Å². The van der Waals surface area contributed by atoms with Crippen LogP contribution in [-0.4, -0.2) is 5.11 Å². The summed E-state index contributed by atoms with van der Waals surface area (Å²) in [7, 11) is 0. The van der Waals surface area contributed by atoms with Gasteiger partial charge in [0.15, 0.2) is 0 Å². The molecule has 0 amide bonds. The van der Waals surface area contributed by atoms with Crippen molar-refractivity contribution >= 4 is 10.8 Å². The number of aromatic hydroxyl groups is 1. The van der Waals surface area contributed by atoms with Gasteiger partial charge in [-0.2, -0.15) is 0 Å². The van der Waals surface area contributed by atoms with Crippen molar-refractivity contribution in [2.24, 2.45) is 0 Å². The number of fused-ring (bicyclic) bond motifs is 1. The highest BCUT2D eigenvalue weighted by atomic mass is 16.3. The van der Waals surface area contributed by atoms with Gasteiger partial charge in [0.2, 0.25) is 0 Å². The molecule has 0 saturated carbocycles. The molecule has 3 rings (SSSR count). The summed E-state index contributed by atoms with van der Waals surface area (Å²) in [6.45, 7) is 0. The molecule has 0 aliphatic rings. The zero-order chi connectivity index (χ0) is 11.7. The van der Waals surface area contributed by atoms with E-state index in [1.54, 1.807) is 12.1 Å². The summed E-state index contributed by atoms with van der Waals surface area (Å²) >= 11 is 0. The summed E-state index contributed by atoms with van der Waals surface area (Å²) in [5.41, 5.74) is 2.11. The lowest BCUT2D eigenvalue weighted by atomic mass is 10.0. The highest BCUT2D eigenvalue weighted by Gasteiger charge is 1.99. The first-order valence-corrected chi connectivity index (χ1v) is 5.53. The van der Waals surface area contributed by atoms with Crippen molar-refractivity contribution in [2.45, 2.75) is 0 Å². The van der Waals surface area contributed by atoms with Crippen LogP contribution in [0, 0.1) is 6.07 Å². The Balaban J connectivity index is 2.14. The van der Waals surface area contributed by atoms with Crippen LogP contribution in [0.3, 0.4) is 0 Å². The van der Waals surface area contributed by atoms with E-state index < -0.39 is 0 Å². The molecule has 3 aromatic rings. The van der Waals surface area contributed by atoms with Crippen LogP contribution in [0.2, 0.25) is 0 Å². The fourth-order valence-corrected chi connectivity index (χ4v) is 1.93. The Bertz CT molecular complexity index is 654. The van der Waals surface area contributed by atoms with Gasteiger partial charge in [0.25, 0.3) is 0 Å². The minimum absolute atomic E-state index is 0.287. The Kier molecular flexibility index (Phi) is 2.30. The normalized spacial score (nSPS) is 10.6. The van der Waals surface area contributed by atoms with Crippen LogP contribution in [-0.2, 0) is 0 Å². The lowest BCUT2D eigenvalue weighted by Gasteiger charge is -2.03. The molecular formula is C16H11O. The van der Waals surface area contributed by atoms with Crippen molar-refractivity contribution in [3.05, 3.63) is 66.7 Å². The Labute approximate surface area is 100.0 Å². The number of phenols is 1. The van der Waals surface area contributed by atoms with Crippen LogP contribution in [0.25, 0.3) is 21.9 Å². The third kappa shape index (κ3) is 1.87. The molecule has 0 saturated heterocycles. The molecule has 0 aromatic heterocycles. The molecule has 0 spiro atoms. The summed E-state index contributed by atoms with van der Waals surface area (Å²) in [6, 6.07) is 22.9. The first-order valence-electron chi connectivity index (χ1n) is 5.53. The number of hydrogen-bond acceptors (Lipinski definition) is 1. The van der Waals surface area contributed by atoms with Crippen molar-refractivity contribution < 1.29 is 5.11 Å². The van der Waals surface area contributed by atoms with Crippen molar-refractivity contribution in [1.82, 2.24) is 0 Å². The molecule has 0 unspecified atom stereocenters. The fourth-order valence-electron chi connectivity index (χ4n) is 1.93. The number of rotatable bonds is 1. The lowest BCUT2D eigenvalue weighted by molar-refractivity contribution is 0.475. The summed E-state index contributed by atoms with van der Waals surface area (Å²) in [5.74, 6) is 0.287. The monoisotopic (exact) mass is 219 g/mol. The van der Waals surface area contributed by atoms with Crippen molar-refractivity contribution in [2.75, 3.05) is 0 Å². The first-order chi connectivity index (χ1) is 8.33. The van der Waals surface area contributed by atoms with E-state index in [0.717, 1.165) is 16.5 Å². The van der Waals surface area contributed by atoms with Crippen LogP contribution in [0.1, 0.15) is 0 Å². The van der Waals surface area contributed by atoms with Crippen molar-refractivity contribution in [1.29, 1.82) is 0 Å². The topological polar surface area (TPSA) is 20.2 Å². The van der Waals surface area contributed by atoms with Gasteiger partial charge in [-0.15, -0.1) is 0 Å². The standard InChI is InChI=1S/C16H11O/c17-16-9-7-13(8-10-16)15-6-5-12-3-1-2-4-14(12)11-15/h1-10,17H. The van der Waals surface area contributed by atoms with Gasteiger partial charge >= 0.3 is 0 Å². The predicted octanol–water partition coefficient (Wildman–Crippen LogP) is 4.01. The van der Waals surface area contributed by atoms with Gasteiger partial charge in [-0.1, -0.05) is 48.5 Å². The minimum Gasteiger partial charge on any atom is -0.508 e. The van der Waals surface area contributed by atoms with E-state index in [4.69, 9.17) is 0 Å². The molecule has 0 atom stereocenters. The molecule has 1 N–H and O–H groups in total. The SMILES string of the molecule is Oc1ccc(-c2[c]c3ccccc3cc2)cc1. The predicted molar refractivity (Wildman–Crippen MR) is 69.9 cm³/mol. The zero-order valence-electron chi connectivity index (χ0n) is 9.22. The van der Waals surface area contributed by atoms with E-state index in [0.29, 0.717) is 0 Å². The second-order valence-electron chi connectivity index (χ2n) is 4.01. The molecule has 0 aliphatic carbocycles. The molecule has 81 valence electrons. The number of hydrogen-bond donors (Lipinski definition) is 1. The molecular weight excluding hydrogens is 208 g/mol. The highest BCUT2D eigenvalue weighted by molar-refractivity contribution is 5.86. The Morgan fingerprint density at radius 2 is 1.53 bits per heavy atom. The van der Waals surface area contributed by atoms with E-state index in [1.807, 2.05) is 24.3 Å². The van der Waals surface area contributed by atoms with Gasteiger partial charge in [-0.05, 0) is 40.1 Å². The van der Waals surface area contributed by atoms with Gasteiger partial charge in [-0.25, -0.2) is 0 Å². The van der Waals surface area contributed by atoms with Gasteiger partial charge < -0.3 is 5.11 Å². The summed E-state index contributed by atoms with van der Waals surface area (Å²) in [5, 5.41) is 11.6. The molecule has 0 aliphatic heterocycles. The number of benzene rings is 3. The van der Waals surface area contributed by atoms with Gasteiger partial charge in [0.1, 0.15) is 5.75 Å². The molecule has 1 radical (unpaired) electrons. The van der Waals surface area contributed by atoms with E-state index in [-0.39, 0.29) is 5.75 Å². The van der Waals surface area contributed by atoms with Gasteiger partial charge in [-0.3, -0.25) is 0 Å². The summed E-state index contributed by atoms with van der Waals surface area (Å²) in [4.78, 5) is 0. The summed E-state index contributed by atoms with van der Waals surface area (Å²) in [6.07, 6.45) is 0. The quantitative estimate of drug-likeness (QED) is 0.655. The third-order valence-corrected chi connectivity index (χ3v) is 2.84. The molecule has 1 heteroatoms. The molecule has 0 heterocycles. The Morgan fingerprint density at radius 1 is 0.765 bits per heavy atom. The smallest absolute Gasteiger partial charge is 0.115 e. The van der Waals surface area contributed by atoms with Crippen LogP contribution in [0.15, 0.2) is 60.7 Å². The van der Waals surface area contributed by atoms with Crippen LogP contribution in [0.5, 0.6) is 5.75 Å². The van der Waals surface area contributed by atoms with Crippen molar-refractivity contribution in [3.63, 3.8) is 0 Å². The minimum atomic E-state index is 0.287. The van der Waals surface area contributed by atoms with Gasteiger partial charge in [0, 0.05) is 0 Å². The zero-order valence-corrected chi connectivity index (χ0v) is 9.22. The molecule has 0 bridgehead atoms. The Morgan fingerprint density at radius 3 is 2.35 bits per heavy atom. The average molecular weight is 219 g/mol. The first kappa shape index (κ1) is 9.91. The maximum Gasteiger partial charge on any atom is 0.115 e. The van der Waals surface area contributed by atoms with E-state index in [9.17, 15) is 5.11 Å². The second-order valence-corrected chi connectivity index (χ2v) is 4.01. The van der Waals surface area contributed by atoms with Crippen LogP contribution >= 0.6 is 0 Å². The molecule has 0 fully saturated rings. The van der Waals surface area contributed by atoms with E-state index >= 15 is 0 Å². The number of phenolic OH excluding ortho intramolecular Hbond substituents is 1. The maximum atomic E-state index is 9.27. The maximum absolute atomic E-state index is 9.27. The average Bonchev–Trinajstić information content (AvgIpc) is 2.39. The van der Waals surface area contributed by atoms with Gasteiger partial charge in [0.05, 0.1) is 0 Å². The van der Waals surface area contributed by atoms with E-state index in [2.05, 4.69) is 30.3 Å². The van der Waals surface area contributed by atoms with E-state index in [1.165, 1.54) is 5.39 Å². The molecule has 1 nitrogen and oxygen atoms in total. The largest absolute Gasteiger partial charge is 0.508 e. The lowest BCUT2D eigenvalue weighted by Crippen LogP contribution is -1.79. The molecule has 3 aromatic carbocycles. The Hall–Kier alpha value is -2.28. The highest BCUT2D eigenvalue weighted by Crippen LogP contribution is 2.25. The van der Waals surface area contributed by atoms with Crippen molar-refractivity contribution in [3.8, 4) is 16.9 Å². The fraction of sp³-hybridized carbons (Fsp3) is 0.